The van der Waals surface area contributed by atoms with Gasteiger partial charge in [0.2, 0.25) is 6.79 Å². The Morgan fingerprint density at radius 1 is 1.09 bits per heavy atom. The summed E-state index contributed by atoms with van der Waals surface area (Å²) in [5, 5.41) is 14.0. The second kappa shape index (κ2) is 8.88. The number of amides is 1. The molecule has 0 unspecified atom stereocenters. The number of hydrogen-bond donors (Lipinski definition) is 3. The molecule has 0 radical (unpaired) electrons. The molecule has 0 bridgehead atoms. The Labute approximate surface area is 190 Å². The van der Waals surface area contributed by atoms with Crippen molar-refractivity contribution in [2.45, 2.75) is 12.5 Å². The molecule has 1 atom stereocenters. The molecule has 168 valence electrons. The van der Waals surface area contributed by atoms with Crippen molar-refractivity contribution in [3.8, 4) is 28.4 Å². The molecule has 0 fully saturated rings. The molecule has 4 aromatic rings. The van der Waals surface area contributed by atoms with Crippen molar-refractivity contribution >= 4 is 16.8 Å². The number of fused-ring (bicyclic) bond motifs is 2. The summed E-state index contributed by atoms with van der Waals surface area (Å²) in [6.45, 7) is 0.0173. The van der Waals surface area contributed by atoms with Gasteiger partial charge in [0.15, 0.2) is 11.5 Å². The predicted octanol–water partition coefficient (Wildman–Crippen LogP) is 3.91. The average Bonchev–Trinajstić information content (AvgIpc) is 3.49. The van der Waals surface area contributed by atoms with Crippen molar-refractivity contribution in [3.63, 3.8) is 0 Å². The van der Waals surface area contributed by atoms with Gasteiger partial charge in [0.1, 0.15) is 5.75 Å². The van der Waals surface area contributed by atoms with E-state index < -0.39 is 6.04 Å². The largest absolute Gasteiger partial charge is 0.496 e. The third kappa shape index (κ3) is 4.10. The van der Waals surface area contributed by atoms with Crippen molar-refractivity contribution in [2.75, 3.05) is 20.5 Å². The van der Waals surface area contributed by atoms with E-state index in [4.69, 9.17) is 14.2 Å². The van der Waals surface area contributed by atoms with Crippen LogP contribution in [0.2, 0.25) is 0 Å². The standard InChI is InChI=1S/C26H24N2O5/c1-31-23-8-6-16(17-7-9-24-25(12-17)33-15-32-24)11-21(23)26(30)28-19(14-29)10-18-13-27-22-5-3-2-4-20(18)22/h2-9,11-13,19,27,29H,10,14-15H2,1H3,(H,28,30)/t19-/m1/s1. The zero-order chi connectivity index (χ0) is 22.8. The lowest BCUT2D eigenvalue weighted by Crippen LogP contribution is -2.39. The molecular formula is C26H24N2O5. The van der Waals surface area contributed by atoms with Gasteiger partial charge in [0.05, 0.1) is 25.3 Å². The maximum Gasteiger partial charge on any atom is 0.255 e. The summed E-state index contributed by atoms with van der Waals surface area (Å²) in [5.41, 5.74) is 4.19. The van der Waals surface area contributed by atoms with Crippen LogP contribution in [-0.4, -0.2) is 42.5 Å². The molecule has 1 aliphatic heterocycles. The summed E-state index contributed by atoms with van der Waals surface area (Å²) < 4.78 is 16.3. The Kier molecular flexibility index (Phi) is 5.62. The third-order valence-corrected chi connectivity index (χ3v) is 5.85. The summed E-state index contributed by atoms with van der Waals surface area (Å²) in [6.07, 6.45) is 2.41. The maximum atomic E-state index is 13.2. The van der Waals surface area contributed by atoms with Gasteiger partial charge in [-0.3, -0.25) is 4.79 Å². The number of methoxy groups -OCH3 is 1. The third-order valence-electron chi connectivity index (χ3n) is 5.85. The molecule has 0 aliphatic carbocycles. The second-order valence-electron chi connectivity index (χ2n) is 7.90. The van der Waals surface area contributed by atoms with Gasteiger partial charge in [-0.15, -0.1) is 0 Å². The monoisotopic (exact) mass is 444 g/mol. The molecule has 0 spiro atoms. The van der Waals surface area contributed by atoms with E-state index in [9.17, 15) is 9.90 Å². The molecule has 3 N–H and O–H groups in total. The lowest BCUT2D eigenvalue weighted by Gasteiger charge is -2.18. The van der Waals surface area contributed by atoms with E-state index in [0.29, 0.717) is 29.2 Å². The first-order valence-corrected chi connectivity index (χ1v) is 10.7. The van der Waals surface area contributed by atoms with Gasteiger partial charge in [-0.25, -0.2) is 0 Å². The molecule has 1 amide bonds. The quantitative estimate of drug-likeness (QED) is 0.402. The van der Waals surface area contributed by atoms with E-state index in [-0.39, 0.29) is 19.3 Å². The number of ether oxygens (including phenoxy) is 3. The van der Waals surface area contributed by atoms with Crippen molar-refractivity contribution in [3.05, 3.63) is 78.0 Å². The molecule has 7 heteroatoms. The molecule has 5 rings (SSSR count). The van der Waals surface area contributed by atoms with Crippen LogP contribution < -0.4 is 19.5 Å². The number of hydrogen-bond acceptors (Lipinski definition) is 5. The number of para-hydroxylation sites is 1. The van der Waals surface area contributed by atoms with Crippen LogP contribution in [0, 0.1) is 0 Å². The maximum absolute atomic E-state index is 13.2. The van der Waals surface area contributed by atoms with Crippen molar-refractivity contribution < 1.29 is 24.1 Å². The van der Waals surface area contributed by atoms with E-state index in [0.717, 1.165) is 27.6 Å². The number of aromatic nitrogens is 1. The topological polar surface area (TPSA) is 92.8 Å². The van der Waals surface area contributed by atoms with Crippen molar-refractivity contribution in [2.24, 2.45) is 0 Å². The molecule has 7 nitrogen and oxygen atoms in total. The number of carbonyl (C=O) groups excluding carboxylic acids is 1. The summed E-state index contributed by atoms with van der Waals surface area (Å²) >= 11 is 0. The van der Waals surface area contributed by atoms with Crippen LogP contribution in [0.5, 0.6) is 17.2 Å². The summed E-state index contributed by atoms with van der Waals surface area (Å²) in [6, 6.07) is 18.6. The fraction of sp³-hybridized carbons (Fsp3) is 0.192. The van der Waals surface area contributed by atoms with E-state index in [1.807, 2.05) is 54.7 Å². The second-order valence-corrected chi connectivity index (χ2v) is 7.90. The molecule has 2 heterocycles. The van der Waals surface area contributed by atoms with E-state index in [2.05, 4.69) is 10.3 Å². The van der Waals surface area contributed by atoms with Gasteiger partial charge >= 0.3 is 0 Å². The minimum absolute atomic E-state index is 0.185. The molecule has 3 aromatic carbocycles. The number of nitrogens with one attached hydrogen (secondary N) is 2. The molecular weight excluding hydrogens is 420 g/mol. The molecule has 1 aliphatic rings. The fourth-order valence-electron chi connectivity index (χ4n) is 4.13. The minimum atomic E-state index is -0.449. The van der Waals surface area contributed by atoms with Crippen molar-refractivity contribution in [1.82, 2.24) is 10.3 Å². The zero-order valence-electron chi connectivity index (χ0n) is 18.1. The van der Waals surface area contributed by atoms with Crippen LogP contribution in [0.3, 0.4) is 0 Å². The van der Waals surface area contributed by atoms with E-state index in [1.54, 1.807) is 12.1 Å². The Morgan fingerprint density at radius 2 is 1.88 bits per heavy atom. The highest BCUT2D eigenvalue weighted by atomic mass is 16.7. The summed E-state index contributed by atoms with van der Waals surface area (Å²) in [5.74, 6) is 1.52. The highest BCUT2D eigenvalue weighted by Gasteiger charge is 2.20. The lowest BCUT2D eigenvalue weighted by molar-refractivity contribution is 0.0913. The Morgan fingerprint density at radius 3 is 2.73 bits per heavy atom. The summed E-state index contributed by atoms with van der Waals surface area (Å²) in [4.78, 5) is 16.4. The first-order chi connectivity index (χ1) is 16.2. The fourth-order valence-corrected chi connectivity index (χ4v) is 4.13. The Bertz CT molecular complexity index is 1310. The molecule has 0 saturated heterocycles. The number of rotatable bonds is 7. The SMILES string of the molecule is COc1ccc(-c2ccc3c(c2)OCO3)cc1C(=O)N[C@@H](CO)Cc1c[nH]c2ccccc12. The summed E-state index contributed by atoms with van der Waals surface area (Å²) in [7, 11) is 1.53. The average molecular weight is 444 g/mol. The van der Waals surface area contributed by atoms with E-state index in [1.165, 1.54) is 7.11 Å². The zero-order valence-corrected chi connectivity index (χ0v) is 18.1. The van der Waals surface area contributed by atoms with Gasteiger partial charge in [-0.05, 0) is 53.4 Å². The lowest BCUT2D eigenvalue weighted by atomic mass is 10.0. The van der Waals surface area contributed by atoms with Crippen LogP contribution >= 0.6 is 0 Å². The van der Waals surface area contributed by atoms with Crippen LogP contribution in [0.4, 0.5) is 0 Å². The van der Waals surface area contributed by atoms with Crippen LogP contribution in [-0.2, 0) is 6.42 Å². The Hall–Kier alpha value is -3.97. The molecule has 33 heavy (non-hydrogen) atoms. The van der Waals surface area contributed by atoms with Crippen molar-refractivity contribution in [1.29, 1.82) is 0 Å². The minimum Gasteiger partial charge on any atom is -0.496 e. The molecule has 1 aromatic heterocycles. The van der Waals surface area contributed by atoms with Gasteiger partial charge in [-0.1, -0.05) is 30.3 Å². The highest BCUT2D eigenvalue weighted by Crippen LogP contribution is 2.37. The van der Waals surface area contributed by atoms with Gasteiger partial charge in [-0.2, -0.15) is 0 Å². The highest BCUT2D eigenvalue weighted by molar-refractivity contribution is 5.98. The number of aliphatic hydroxyl groups excluding tert-OH is 1. The van der Waals surface area contributed by atoms with Crippen LogP contribution in [0.25, 0.3) is 22.0 Å². The van der Waals surface area contributed by atoms with Crippen LogP contribution in [0.15, 0.2) is 66.9 Å². The van der Waals surface area contributed by atoms with Gasteiger partial charge < -0.3 is 29.6 Å². The first-order valence-electron chi connectivity index (χ1n) is 10.7. The van der Waals surface area contributed by atoms with E-state index >= 15 is 0 Å². The van der Waals surface area contributed by atoms with Gasteiger partial charge in [0.25, 0.3) is 5.91 Å². The Balaban J connectivity index is 1.39. The van der Waals surface area contributed by atoms with Gasteiger partial charge in [0, 0.05) is 17.1 Å². The number of H-pyrrole nitrogens is 1. The smallest absolute Gasteiger partial charge is 0.255 e. The normalized spacial score (nSPS) is 13.2. The molecule has 0 saturated carbocycles. The number of carbonyl (C=O) groups is 1. The number of aromatic amines is 1. The predicted molar refractivity (Wildman–Crippen MR) is 125 cm³/mol. The number of benzene rings is 3. The number of aliphatic hydroxyl groups is 1. The van der Waals surface area contributed by atoms with Crippen LogP contribution in [0.1, 0.15) is 15.9 Å². The first kappa shape index (κ1) is 20.9.